The molecule has 1 saturated heterocycles. The van der Waals surface area contributed by atoms with Crippen LogP contribution in [0, 0.1) is 5.92 Å². The van der Waals surface area contributed by atoms with Crippen LogP contribution < -0.4 is 5.48 Å². The first-order chi connectivity index (χ1) is 6.22. The molecule has 0 radical (unpaired) electrons. The summed E-state index contributed by atoms with van der Waals surface area (Å²) < 4.78 is 9.06. The minimum absolute atomic E-state index is 0.215. The Hall–Kier alpha value is -1.30. The minimum atomic E-state index is -0.793. The molecule has 1 aliphatic rings. The van der Waals surface area contributed by atoms with Crippen molar-refractivity contribution in [3.8, 4) is 0 Å². The third-order valence-electron chi connectivity index (χ3n) is 1.60. The lowest BCUT2D eigenvalue weighted by Crippen LogP contribution is -2.33. The van der Waals surface area contributed by atoms with Crippen molar-refractivity contribution in [2.24, 2.45) is 5.92 Å². The average molecular weight is 189 g/mol. The quantitative estimate of drug-likeness (QED) is 0.611. The molecule has 6 nitrogen and oxygen atoms in total. The SMILES string of the molecule is COC(=O)NOC(=O)CC1COC1. The zero-order valence-corrected chi connectivity index (χ0v) is 7.24. The summed E-state index contributed by atoms with van der Waals surface area (Å²) in [5.74, 6) is -0.273. The molecule has 0 aromatic heterocycles. The van der Waals surface area contributed by atoms with Crippen molar-refractivity contribution < 1.29 is 23.9 Å². The van der Waals surface area contributed by atoms with Crippen molar-refractivity contribution in [1.29, 1.82) is 0 Å². The Morgan fingerprint density at radius 2 is 2.23 bits per heavy atom. The van der Waals surface area contributed by atoms with Crippen LogP contribution in [0.4, 0.5) is 4.79 Å². The van der Waals surface area contributed by atoms with E-state index in [0.717, 1.165) is 0 Å². The molecule has 0 aliphatic carbocycles. The van der Waals surface area contributed by atoms with E-state index in [9.17, 15) is 9.59 Å². The smallest absolute Gasteiger partial charge is 0.440 e. The Balaban J connectivity index is 2.06. The number of amides is 1. The standard InChI is InChI=1S/C7H11NO5/c1-11-7(10)8-13-6(9)2-5-3-12-4-5/h5H,2-4H2,1H3,(H,8,10). The van der Waals surface area contributed by atoms with E-state index < -0.39 is 12.1 Å². The van der Waals surface area contributed by atoms with Gasteiger partial charge in [-0.15, -0.1) is 5.48 Å². The molecule has 1 fully saturated rings. The summed E-state index contributed by atoms with van der Waals surface area (Å²) in [4.78, 5) is 25.8. The van der Waals surface area contributed by atoms with Crippen LogP contribution in [0.3, 0.4) is 0 Å². The first-order valence-electron chi connectivity index (χ1n) is 3.83. The second-order valence-electron chi connectivity index (χ2n) is 2.68. The van der Waals surface area contributed by atoms with E-state index in [1.807, 2.05) is 5.48 Å². The predicted octanol–water partition coefficient (Wildman–Crippen LogP) is -0.163. The second kappa shape index (κ2) is 4.66. The van der Waals surface area contributed by atoms with Crippen LogP contribution in [-0.2, 0) is 19.1 Å². The van der Waals surface area contributed by atoms with Gasteiger partial charge in [-0.25, -0.2) is 9.59 Å². The molecule has 1 rings (SSSR count). The van der Waals surface area contributed by atoms with Gasteiger partial charge in [0, 0.05) is 5.92 Å². The number of hydrogen-bond acceptors (Lipinski definition) is 5. The van der Waals surface area contributed by atoms with E-state index in [4.69, 9.17) is 4.74 Å². The lowest BCUT2D eigenvalue weighted by Gasteiger charge is -2.24. The fourth-order valence-electron chi connectivity index (χ4n) is 0.820. The summed E-state index contributed by atoms with van der Waals surface area (Å²) in [5, 5.41) is 0. The normalized spacial score (nSPS) is 15.8. The third kappa shape index (κ3) is 3.29. The molecule has 1 heterocycles. The van der Waals surface area contributed by atoms with Crippen molar-refractivity contribution in [1.82, 2.24) is 5.48 Å². The lowest BCUT2D eigenvalue weighted by atomic mass is 10.1. The maximum atomic E-state index is 10.9. The summed E-state index contributed by atoms with van der Waals surface area (Å²) in [5.41, 5.74) is 1.83. The van der Waals surface area contributed by atoms with E-state index in [1.54, 1.807) is 0 Å². The van der Waals surface area contributed by atoms with Crippen LogP contribution in [0.1, 0.15) is 6.42 Å². The number of hydroxylamine groups is 1. The summed E-state index contributed by atoms with van der Waals surface area (Å²) >= 11 is 0. The van der Waals surface area contributed by atoms with Gasteiger partial charge in [-0.05, 0) is 0 Å². The molecule has 0 aromatic carbocycles. The number of rotatable bonds is 2. The van der Waals surface area contributed by atoms with Gasteiger partial charge in [0.25, 0.3) is 0 Å². The first-order valence-corrected chi connectivity index (χ1v) is 3.83. The molecule has 13 heavy (non-hydrogen) atoms. The number of carbonyl (C=O) groups excluding carboxylic acids is 2. The molecule has 0 atom stereocenters. The highest BCUT2D eigenvalue weighted by molar-refractivity contribution is 5.73. The van der Waals surface area contributed by atoms with Crippen LogP contribution in [0.2, 0.25) is 0 Å². The maximum Gasteiger partial charge on any atom is 0.440 e. The molecular formula is C7H11NO5. The van der Waals surface area contributed by atoms with Crippen LogP contribution >= 0.6 is 0 Å². The fourth-order valence-corrected chi connectivity index (χ4v) is 0.820. The molecule has 6 heteroatoms. The van der Waals surface area contributed by atoms with Gasteiger partial charge in [0.05, 0.1) is 26.7 Å². The topological polar surface area (TPSA) is 73.9 Å². The Morgan fingerprint density at radius 1 is 1.54 bits per heavy atom. The van der Waals surface area contributed by atoms with E-state index in [-0.39, 0.29) is 12.3 Å². The molecule has 1 aliphatic heterocycles. The second-order valence-corrected chi connectivity index (χ2v) is 2.68. The van der Waals surface area contributed by atoms with Gasteiger partial charge >= 0.3 is 12.1 Å². The van der Waals surface area contributed by atoms with Gasteiger partial charge < -0.3 is 14.3 Å². The molecule has 0 saturated carbocycles. The van der Waals surface area contributed by atoms with Gasteiger partial charge in [-0.3, -0.25) is 0 Å². The van der Waals surface area contributed by atoms with Gasteiger partial charge in [0.2, 0.25) is 0 Å². The van der Waals surface area contributed by atoms with E-state index in [1.165, 1.54) is 7.11 Å². The summed E-state index contributed by atoms with van der Waals surface area (Å²) in [6.07, 6.45) is -0.539. The largest absolute Gasteiger partial charge is 0.451 e. The Kier molecular flexibility index (Phi) is 3.51. The minimum Gasteiger partial charge on any atom is -0.451 e. The molecule has 1 N–H and O–H groups in total. The van der Waals surface area contributed by atoms with Crippen molar-refractivity contribution in [3.05, 3.63) is 0 Å². The third-order valence-corrected chi connectivity index (χ3v) is 1.60. The van der Waals surface area contributed by atoms with Crippen LogP contribution in [0.15, 0.2) is 0 Å². The highest BCUT2D eigenvalue weighted by atomic mass is 16.7. The van der Waals surface area contributed by atoms with Crippen LogP contribution in [0.5, 0.6) is 0 Å². The Morgan fingerprint density at radius 3 is 2.69 bits per heavy atom. The van der Waals surface area contributed by atoms with Gasteiger partial charge in [0.15, 0.2) is 0 Å². The van der Waals surface area contributed by atoms with Crippen molar-refractivity contribution in [3.63, 3.8) is 0 Å². The van der Waals surface area contributed by atoms with E-state index in [0.29, 0.717) is 13.2 Å². The monoisotopic (exact) mass is 189 g/mol. The number of hydrogen-bond donors (Lipinski definition) is 1. The van der Waals surface area contributed by atoms with Crippen molar-refractivity contribution in [2.45, 2.75) is 6.42 Å². The Labute approximate surface area is 75.1 Å². The molecule has 0 bridgehead atoms. The van der Waals surface area contributed by atoms with Crippen molar-refractivity contribution >= 4 is 12.1 Å². The number of methoxy groups -OCH3 is 1. The lowest BCUT2D eigenvalue weighted by molar-refractivity contribution is -0.155. The van der Waals surface area contributed by atoms with Crippen LogP contribution in [-0.4, -0.2) is 32.4 Å². The van der Waals surface area contributed by atoms with Gasteiger partial charge in [-0.1, -0.05) is 0 Å². The molecule has 0 spiro atoms. The van der Waals surface area contributed by atoms with Gasteiger partial charge in [-0.2, -0.15) is 0 Å². The van der Waals surface area contributed by atoms with E-state index >= 15 is 0 Å². The van der Waals surface area contributed by atoms with Crippen LogP contribution in [0.25, 0.3) is 0 Å². The van der Waals surface area contributed by atoms with Crippen molar-refractivity contribution in [2.75, 3.05) is 20.3 Å². The highest BCUT2D eigenvalue weighted by Gasteiger charge is 2.22. The number of nitrogens with one attached hydrogen (secondary N) is 1. The fraction of sp³-hybridized carbons (Fsp3) is 0.714. The Bertz CT molecular complexity index is 201. The number of ether oxygens (including phenoxy) is 2. The first kappa shape index (κ1) is 9.79. The molecular weight excluding hydrogens is 178 g/mol. The zero-order valence-electron chi connectivity index (χ0n) is 7.24. The number of carbonyl (C=O) groups is 2. The van der Waals surface area contributed by atoms with Gasteiger partial charge in [0.1, 0.15) is 0 Å². The van der Waals surface area contributed by atoms with E-state index in [2.05, 4.69) is 9.57 Å². The maximum absolute atomic E-state index is 10.9. The summed E-state index contributed by atoms with van der Waals surface area (Å²) in [6.45, 7) is 1.15. The summed E-state index contributed by atoms with van der Waals surface area (Å²) in [6, 6.07) is 0. The highest BCUT2D eigenvalue weighted by Crippen LogP contribution is 2.14. The molecule has 0 unspecified atom stereocenters. The molecule has 74 valence electrons. The predicted molar refractivity (Wildman–Crippen MR) is 40.6 cm³/mol. The molecule has 1 amide bonds. The molecule has 0 aromatic rings. The zero-order chi connectivity index (χ0) is 9.68. The summed E-state index contributed by atoms with van der Waals surface area (Å²) in [7, 11) is 1.18. The average Bonchev–Trinajstić information content (AvgIpc) is 2.07.